The van der Waals surface area contributed by atoms with Gasteiger partial charge in [-0.2, -0.15) is 0 Å². The van der Waals surface area contributed by atoms with Gasteiger partial charge in [-0.15, -0.1) is 0 Å². The maximum atomic E-state index is 12.4. The van der Waals surface area contributed by atoms with Crippen molar-refractivity contribution >= 4 is 52.2 Å². The van der Waals surface area contributed by atoms with Crippen LogP contribution >= 0.6 is 24.0 Å². The third-order valence-electron chi connectivity index (χ3n) is 3.19. The monoisotopic (exact) mass is 364 g/mol. The Hall–Kier alpha value is -2.19. The van der Waals surface area contributed by atoms with Crippen molar-refractivity contribution < 1.29 is 19.5 Å². The van der Waals surface area contributed by atoms with E-state index in [-0.39, 0.29) is 37.7 Å². The highest BCUT2D eigenvalue weighted by Crippen LogP contribution is 2.32. The predicted molar refractivity (Wildman–Crippen MR) is 96.2 cm³/mol. The number of hydrogen-bond donors (Lipinski definition) is 2. The molecule has 0 radical (unpaired) electrons. The molecule has 2 amide bonds. The first kappa shape index (κ1) is 18.2. The molecule has 6 nitrogen and oxygen atoms in total. The number of carbonyl (C=O) groups excluding carboxylic acids is 2. The molecule has 8 heteroatoms. The van der Waals surface area contributed by atoms with Crippen molar-refractivity contribution in [3.8, 4) is 0 Å². The Balaban J connectivity index is 1.89. The van der Waals surface area contributed by atoms with Gasteiger partial charge in [-0.1, -0.05) is 54.3 Å². The molecule has 0 unspecified atom stereocenters. The Morgan fingerprint density at radius 2 is 1.96 bits per heavy atom. The number of amides is 2. The molecule has 0 atom stereocenters. The molecule has 0 spiro atoms. The van der Waals surface area contributed by atoms with Crippen LogP contribution in [0.15, 0.2) is 35.2 Å². The molecule has 2 rings (SSSR count). The van der Waals surface area contributed by atoms with E-state index in [9.17, 15) is 14.4 Å². The average molecular weight is 364 g/mol. The summed E-state index contributed by atoms with van der Waals surface area (Å²) in [7, 11) is 0. The van der Waals surface area contributed by atoms with Gasteiger partial charge in [0.1, 0.15) is 4.32 Å². The summed E-state index contributed by atoms with van der Waals surface area (Å²) in [6.45, 7) is 0.246. The van der Waals surface area contributed by atoms with Crippen molar-refractivity contribution in [2.45, 2.75) is 12.8 Å². The minimum atomic E-state index is -0.974. The summed E-state index contributed by atoms with van der Waals surface area (Å²) in [6, 6.07) is 9.44. The first-order valence-electron chi connectivity index (χ1n) is 7.26. The van der Waals surface area contributed by atoms with E-state index in [0.717, 1.165) is 5.56 Å². The Bertz CT molecular complexity index is 689. The summed E-state index contributed by atoms with van der Waals surface area (Å²) < 4.78 is 0.417. The molecule has 2 N–H and O–H groups in total. The van der Waals surface area contributed by atoms with E-state index in [1.807, 2.05) is 30.3 Å². The van der Waals surface area contributed by atoms with Gasteiger partial charge in [-0.05, 0) is 11.6 Å². The number of benzene rings is 1. The lowest BCUT2D eigenvalue weighted by atomic mass is 10.2. The zero-order valence-electron chi connectivity index (χ0n) is 12.7. The zero-order valence-corrected chi connectivity index (χ0v) is 14.4. The van der Waals surface area contributed by atoms with E-state index < -0.39 is 5.97 Å². The molecule has 126 valence electrons. The highest BCUT2D eigenvalue weighted by atomic mass is 32.2. The number of aliphatic carboxylic acids is 1. The molecule has 1 fully saturated rings. The zero-order chi connectivity index (χ0) is 17.5. The van der Waals surface area contributed by atoms with Crippen LogP contribution in [0.5, 0.6) is 0 Å². The van der Waals surface area contributed by atoms with Gasteiger partial charge in [0.2, 0.25) is 5.91 Å². The van der Waals surface area contributed by atoms with Crippen molar-refractivity contribution in [3.05, 3.63) is 40.8 Å². The second-order valence-electron chi connectivity index (χ2n) is 4.99. The number of nitrogens with one attached hydrogen (secondary N) is 1. The van der Waals surface area contributed by atoms with E-state index in [0.29, 0.717) is 9.23 Å². The second kappa shape index (κ2) is 8.60. The number of hydrogen-bond acceptors (Lipinski definition) is 5. The van der Waals surface area contributed by atoms with Gasteiger partial charge >= 0.3 is 5.97 Å². The molecule has 0 aliphatic carbocycles. The molecule has 1 aromatic carbocycles. The Morgan fingerprint density at radius 1 is 1.25 bits per heavy atom. The summed E-state index contributed by atoms with van der Waals surface area (Å²) >= 11 is 6.41. The Morgan fingerprint density at radius 3 is 2.62 bits per heavy atom. The van der Waals surface area contributed by atoms with E-state index >= 15 is 0 Å². The molecule has 1 aromatic rings. The van der Waals surface area contributed by atoms with Crippen LogP contribution < -0.4 is 5.32 Å². The largest absolute Gasteiger partial charge is 0.481 e. The molecule has 0 bridgehead atoms. The van der Waals surface area contributed by atoms with Crippen LogP contribution in [0.4, 0.5) is 0 Å². The summed E-state index contributed by atoms with van der Waals surface area (Å²) in [5.41, 5.74) is 0.907. The first-order chi connectivity index (χ1) is 11.5. The lowest BCUT2D eigenvalue weighted by Crippen LogP contribution is -2.34. The lowest BCUT2D eigenvalue weighted by Gasteiger charge is -2.13. The van der Waals surface area contributed by atoms with Crippen molar-refractivity contribution in [3.63, 3.8) is 0 Å². The normalized spacial score (nSPS) is 15.8. The number of thioether (sulfide) groups is 1. The van der Waals surface area contributed by atoms with Crippen LogP contribution in [0.3, 0.4) is 0 Å². The highest BCUT2D eigenvalue weighted by Gasteiger charge is 2.31. The average Bonchev–Trinajstić information content (AvgIpc) is 2.80. The number of rotatable bonds is 7. The van der Waals surface area contributed by atoms with Crippen molar-refractivity contribution in [1.82, 2.24) is 10.2 Å². The molecule has 1 saturated heterocycles. The molecule has 24 heavy (non-hydrogen) atoms. The number of carbonyl (C=O) groups is 3. The van der Waals surface area contributed by atoms with Crippen LogP contribution in [0.2, 0.25) is 0 Å². The third kappa shape index (κ3) is 5.17. The Labute approximate surface area is 148 Å². The first-order valence-corrected chi connectivity index (χ1v) is 8.49. The molecular formula is C16H16N2O4S2. The summed E-state index contributed by atoms with van der Waals surface area (Å²) in [5, 5.41) is 11.0. The summed E-state index contributed by atoms with van der Waals surface area (Å²) in [6.07, 6.45) is 1.71. The molecule has 1 aliphatic heterocycles. The van der Waals surface area contributed by atoms with E-state index in [2.05, 4.69) is 5.32 Å². The summed E-state index contributed by atoms with van der Waals surface area (Å²) in [4.78, 5) is 36.3. The van der Waals surface area contributed by atoms with Crippen LogP contribution in [0.1, 0.15) is 18.4 Å². The fourth-order valence-corrected chi connectivity index (χ4v) is 3.31. The van der Waals surface area contributed by atoms with Crippen LogP contribution in [0, 0.1) is 0 Å². The number of carboxylic acid groups (broad SMARTS) is 1. The lowest BCUT2D eigenvalue weighted by molar-refractivity contribution is -0.136. The van der Waals surface area contributed by atoms with E-state index in [1.54, 1.807) is 6.08 Å². The van der Waals surface area contributed by atoms with Crippen molar-refractivity contribution in [2.24, 2.45) is 0 Å². The second-order valence-corrected chi connectivity index (χ2v) is 6.66. The highest BCUT2D eigenvalue weighted by molar-refractivity contribution is 8.26. The van der Waals surface area contributed by atoms with Gasteiger partial charge < -0.3 is 10.4 Å². The van der Waals surface area contributed by atoms with Crippen LogP contribution in [-0.2, 0) is 14.4 Å². The van der Waals surface area contributed by atoms with E-state index in [4.69, 9.17) is 17.3 Å². The molecular weight excluding hydrogens is 348 g/mol. The van der Waals surface area contributed by atoms with Gasteiger partial charge in [-0.25, -0.2) is 0 Å². The van der Waals surface area contributed by atoms with E-state index in [1.165, 1.54) is 16.7 Å². The third-order valence-corrected chi connectivity index (χ3v) is 4.57. The number of carboxylic acids is 1. The molecule has 0 saturated carbocycles. The fraction of sp³-hybridized carbons (Fsp3) is 0.250. The topological polar surface area (TPSA) is 86.7 Å². The molecule has 1 heterocycles. The maximum Gasteiger partial charge on any atom is 0.305 e. The smallest absolute Gasteiger partial charge is 0.305 e. The minimum absolute atomic E-state index is 0.0699. The van der Waals surface area contributed by atoms with Gasteiger partial charge in [-0.3, -0.25) is 19.3 Å². The number of nitrogens with zero attached hydrogens (tertiary/aromatic N) is 1. The van der Waals surface area contributed by atoms with Gasteiger partial charge in [0.05, 0.1) is 11.3 Å². The quantitative estimate of drug-likeness (QED) is 0.567. The number of thiocarbonyl (C=S) groups is 1. The minimum Gasteiger partial charge on any atom is -0.481 e. The van der Waals surface area contributed by atoms with Gasteiger partial charge in [0.15, 0.2) is 0 Å². The van der Waals surface area contributed by atoms with Crippen LogP contribution in [0.25, 0.3) is 6.08 Å². The van der Waals surface area contributed by atoms with Gasteiger partial charge in [0.25, 0.3) is 5.91 Å². The van der Waals surface area contributed by atoms with Gasteiger partial charge in [0, 0.05) is 19.5 Å². The van der Waals surface area contributed by atoms with Crippen molar-refractivity contribution in [1.29, 1.82) is 0 Å². The SMILES string of the molecule is O=C(O)CCNC(=O)CCN1C(=O)C(=Cc2ccccc2)SC1=S. The predicted octanol–water partition coefficient (Wildman–Crippen LogP) is 1.87. The van der Waals surface area contributed by atoms with Crippen LogP contribution in [-0.4, -0.2) is 45.2 Å². The standard InChI is InChI=1S/C16H16N2O4S2/c19-13(17-8-6-14(20)21)7-9-18-15(22)12(24-16(18)23)10-11-4-2-1-3-5-11/h1-5,10H,6-9H2,(H,17,19)(H,20,21). The molecule has 1 aliphatic rings. The fourth-order valence-electron chi connectivity index (χ4n) is 2.00. The molecule has 0 aromatic heterocycles. The maximum absolute atomic E-state index is 12.4. The summed E-state index contributed by atoms with van der Waals surface area (Å²) in [5.74, 6) is -1.50. The Kier molecular flexibility index (Phi) is 6.51. The van der Waals surface area contributed by atoms with Crippen molar-refractivity contribution in [2.75, 3.05) is 13.1 Å².